The second-order valence-electron chi connectivity index (χ2n) is 15.4. The molecular weight excluding hydrogens is 713 g/mol. The van der Waals surface area contributed by atoms with Crippen LogP contribution in [0.3, 0.4) is 0 Å². The number of rotatable bonds is 10. The predicted molar refractivity (Wildman–Crippen MR) is 212 cm³/mol. The van der Waals surface area contributed by atoms with Crippen molar-refractivity contribution in [3.05, 3.63) is 72.3 Å². The molecule has 0 unspecified atom stereocenters. The van der Waals surface area contributed by atoms with E-state index < -0.39 is 24.3 Å². The van der Waals surface area contributed by atoms with Crippen LogP contribution in [-0.2, 0) is 19.1 Å². The van der Waals surface area contributed by atoms with E-state index in [0.29, 0.717) is 13.1 Å². The summed E-state index contributed by atoms with van der Waals surface area (Å²) in [5.74, 6) is 0.976. The number of H-pyrrole nitrogens is 2. The Kier molecular flexibility index (Phi) is 11.0. The van der Waals surface area contributed by atoms with Gasteiger partial charge >= 0.3 is 12.2 Å². The number of fused-ring (bicyclic) bond motifs is 2. The molecule has 3 aromatic carbocycles. The van der Waals surface area contributed by atoms with Crippen molar-refractivity contribution in [3.63, 3.8) is 0 Å². The van der Waals surface area contributed by atoms with E-state index >= 15 is 0 Å². The van der Waals surface area contributed by atoms with Crippen molar-refractivity contribution < 1.29 is 28.7 Å². The molecule has 0 spiro atoms. The van der Waals surface area contributed by atoms with Crippen LogP contribution in [0.2, 0.25) is 0 Å². The van der Waals surface area contributed by atoms with Crippen molar-refractivity contribution >= 4 is 46.1 Å². The number of alkyl carbamates (subject to hydrolysis) is 2. The van der Waals surface area contributed by atoms with Crippen molar-refractivity contribution in [1.29, 1.82) is 0 Å². The summed E-state index contributed by atoms with van der Waals surface area (Å²) in [6.45, 7) is 8.80. The fourth-order valence-electron chi connectivity index (χ4n) is 7.97. The predicted octanol–water partition coefficient (Wildman–Crippen LogP) is 6.86. The monoisotopic (exact) mass is 762 g/mol. The number of nitrogens with zero attached hydrogens (tertiary/aromatic N) is 4. The van der Waals surface area contributed by atoms with Crippen molar-refractivity contribution in [3.8, 4) is 22.3 Å². The number of hydrogen-bond acceptors (Lipinski definition) is 8. The van der Waals surface area contributed by atoms with Crippen molar-refractivity contribution in [2.45, 2.75) is 77.5 Å². The molecule has 4 amide bonds. The van der Waals surface area contributed by atoms with E-state index in [1.165, 1.54) is 14.2 Å². The van der Waals surface area contributed by atoms with E-state index in [1.807, 2.05) is 49.6 Å². The molecule has 2 aliphatic heterocycles. The quantitative estimate of drug-likeness (QED) is 0.119. The normalized spacial score (nSPS) is 18.1. The number of ether oxygens (including phenoxy) is 2. The minimum atomic E-state index is -0.692. The van der Waals surface area contributed by atoms with Gasteiger partial charge in [-0.2, -0.15) is 0 Å². The van der Waals surface area contributed by atoms with E-state index in [-0.39, 0.29) is 35.7 Å². The van der Waals surface area contributed by atoms with Crippen molar-refractivity contribution in [1.82, 2.24) is 40.4 Å². The zero-order valence-corrected chi connectivity index (χ0v) is 32.7. The largest absolute Gasteiger partial charge is 0.453 e. The van der Waals surface area contributed by atoms with Gasteiger partial charge in [0.05, 0.1) is 48.4 Å². The van der Waals surface area contributed by atoms with Crippen LogP contribution < -0.4 is 10.6 Å². The molecule has 2 saturated heterocycles. The third-order valence-electron chi connectivity index (χ3n) is 11.0. The number of carbonyl (C=O) groups is 4. The number of carbonyl (C=O) groups excluding carboxylic acids is 4. The maximum absolute atomic E-state index is 13.6. The average Bonchev–Trinajstić information content (AvgIpc) is 4.03. The van der Waals surface area contributed by atoms with Gasteiger partial charge in [0.2, 0.25) is 11.8 Å². The van der Waals surface area contributed by atoms with E-state index in [9.17, 15) is 19.2 Å². The summed E-state index contributed by atoms with van der Waals surface area (Å²) in [5.41, 5.74) is 7.59. The molecule has 56 heavy (non-hydrogen) atoms. The molecule has 14 heteroatoms. The lowest BCUT2D eigenvalue weighted by atomic mass is 10.00. The van der Waals surface area contributed by atoms with Crippen LogP contribution in [0, 0.1) is 11.8 Å². The summed E-state index contributed by atoms with van der Waals surface area (Å²) in [7, 11) is 2.58. The SMILES string of the molecule is COC(=O)N[C@H](C(=O)N1CCC[C@@H]1c1nc2ccc(-c3ccc(-c4ccc5nc([C@H]6CCCN6C(=O)[C@@H](NC(=O)OC)C(C)C)[nH]c5c4)cc3)cc2[nH]1)C(C)C. The van der Waals surface area contributed by atoms with Gasteiger partial charge < -0.3 is 39.9 Å². The minimum Gasteiger partial charge on any atom is -0.453 e. The Bertz CT molecular complexity index is 2090. The van der Waals surface area contributed by atoms with Crippen LogP contribution in [0.5, 0.6) is 0 Å². The van der Waals surface area contributed by atoms with Crippen LogP contribution in [-0.4, -0.2) is 93.1 Å². The van der Waals surface area contributed by atoms with Crippen LogP contribution in [0.25, 0.3) is 44.3 Å². The maximum atomic E-state index is 13.6. The first-order valence-electron chi connectivity index (χ1n) is 19.4. The highest BCUT2D eigenvalue weighted by atomic mass is 16.5. The molecule has 0 aliphatic carbocycles. The Morgan fingerprint density at radius 1 is 0.625 bits per heavy atom. The van der Waals surface area contributed by atoms with Gasteiger partial charge in [-0.3, -0.25) is 9.59 Å². The van der Waals surface area contributed by atoms with Crippen LogP contribution >= 0.6 is 0 Å². The van der Waals surface area contributed by atoms with Crippen molar-refractivity contribution in [2.24, 2.45) is 11.8 Å². The number of methoxy groups -OCH3 is 2. The van der Waals surface area contributed by atoms with Gasteiger partial charge in [-0.15, -0.1) is 0 Å². The number of aromatic nitrogens is 4. The van der Waals surface area contributed by atoms with Crippen LogP contribution in [0.4, 0.5) is 9.59 Å². The number of imidazole rings is 2. The first kappa shape index (κ1) is 38.4. The summed E-state index contributed by atoms with van der Waals surface area (Å²) in [5, 5.41) is 5.41. The molecule has 14 nitrogen and oxygen atoms in total. The van der Waals surface area contributed by atoms with Gasteiger partial charge in [0.15, 0.2) is 0 Å². The highest BCUT2D eigenvalue weighted by Gasteiger charge is 2.39. The van der Waals surface area contributed by atoms with Gasteiger partial charge in [-0.05, 0) is 84.0 Å². The molecule has 5 aromatic rings. The third-order valence-corrected chi connectivity index (χ3v) is 11.0. The molecule has 0 saturated carbocycles. The lowest BCUT2D eigenvalue weighted by molar-refractivity contribution is -0.136. The van der Waals surface area contributed by atoms with E-state index in [2.05, 4.69) is 69.1 Å². The molecule has 4 heterocycles. The summed E-state index contributed by atoms with van der Waals surface area (Å²) >= 11 is 0. The van der Waals surface area contributed by atoms with E-state index in [4.69, 9.17) is 19.4 Å². The lowest BCUT2D eigenvalue weighted by Gasteiger charge is -2.29. The molecule has 294 valence electrons. The highest BCUT2D eigenvalue weighted by molar-refractivity contribution is 5.88. The zero-order chi connectivity index (χ0) is 39.7. The Hall–Kier alpha value is -5.92. The molecule has 2 aliphatic rings. The molecule has 0 bridgehead atoms. The molecule has 4 atom stereocenters. The number of amides is 4. The van der Waals surface area contributed by atoms with Crippen LogP contribution in [0.15, 0.2) is 60.7 Å². The lowest BCUT2D eigenvalue weighted by Crippen LogP contribution is -2.51. The summed E-state index contributed by atoms with van der Waals surface area (Å²) in [4.78, 5) is 71.6. The molecule has 2 aromatic heterocycles. The average molecular weight is 763 g/mol. The fourth-order valence-corrected chi connectivity index (χ4v) is 7.97. The smallest absolute Gasteiger partial charge is 0.407 e. The first-order chi connectivity index (χ1) is 26.9. The Morgan fingerprint density at radius 2 is 1.00 bits per heavy atom. The first-order valence-corrected chi connectivity index (χ1v) is 19.4. The molecular formula is C42H50N8O6. The number of aromatic amines is 2. The van der Waals surface area contributed by atoms with Gasteiger partial charge in [0, 0.05) is 13.1 Å². The molecule has 2 fully saturated rings. The summed E-state index contributed by atoms with van der Waals surface area (Å²) in [6, 6.07) is 18.9. The number of hydrogen-bond donors (Lipinski definition) is 4. The fraction of sp³-hybridized carbons (Fsp3) is 0.429. The second kappa shape index (κ2) is 16.0. The molecule has 4 N–H and O–H groups in total. The summed E-state index contributed by atoms with van der Waals surface area (Å²) in [6.07, 6.45) is 2.00. The van der Waals surface area contributed by atoms with Gasteiger partial charge in [-0.25, -0.2) is 19.6 Å². The Labute approximate surface area is 325 Å². The maximum Gasteiger partial charge on any atom is 0.407 e. The van der Waals surface area contributed by atoms with Gasteiger partial charge in [0.1, 0.15) is 23.7 Å². The second-order valence-corrected chi connectivity index (χ2v) is 15.4. The summed E-state index contributed by atoms with van der Waals surface area (Å²) < 4.78 is 9.54. The topological polar surface area (TPSA) is 175 Å². The highest BCUT2D eigenvalue weighted by Crippen LogP contribution is 2.36. The Balaban J connectivity index is 1.06. The van der Waals surface area contributed by atoms with Gasteiger partial charge in [0.25, 0.3) is 0 Å². The zero-order valence-electron chi connectivity index (χ0n) is 32.7. The number of likely N-dealkylation sites (tertiary alicyclic amines) is 2. The number of benzene rings is 3. The van der Waals surface area contributed by atoms with Crippen molar-refractivity contribution in [2.75, 3.05) is 27.3 Å². The third kappa shape index (κ3) is 7.64. The van der Waals surface area contributed by atoms with E-state index in [1.54, 1.807) is 0 Å². The Morgan fingerprint density at radius 3 is 1.36 bits per heavy atom. The molecule has 7 rings (SSSR count). The van der Waals surface area contributed by atoms with E-state index in [0.717, 1.165) is 81.7 Å². The standard InChI is InChI=1S/C42H50N8O6/c1-23(2)35(47-41(53)55-5)39(51)49-19-7-9-33(49)37-43-29-17-15-27(21-31(29)45-37)25-11-13-26(14-12-25)28-16-18-30-32(22-28)46-38(44-30)34-10-8-20-50(34)40(52)36(24(3)4)48-42(54)56-6/h11-18,21-24,33-36H,7-10,19-20H2,1-6H3,(H,43,45)(H,44,46)(H,47,53)(H,48,54)/t33-,34-,35+,36+/m1/s1. The number of nitrogens with one attached hydrogen (secondary N) is 4. The molecule has 0 radical (unpaired) electrons. The van der Waals surface area contributed by atoms with Crippen LogP contribution in [0.1, 0.15) is 77.1 Å². The minimum absolute atomic E-state index is 0.108. The van der Waals surface area contributed by atoms with Gasteiger partial charge in [-0.1, -0.05) is 64.1 Å².